The van der Waals surface area contributed by atoms with Crippen molar-refractivity contribution in [2.75, 3.05) is 19.4 Å². The Hall–Kier alpha value is -1.97. The molecule has 1 amide bonds. The van der Waals surface area contributed by atoms with Gasteiger partial charge in [0.15, 0.2) is 5.13 Å². The fourth-order valence-electron chi connectivity index (χ4n) is 2.50. The number of rotatable bonds is 6. The van der Waals surface area contributed by atoms with E-state index in [1.54, 1.807) is 18.3 Å². The minimum atomic E-state index is -3.63. The average Bonchev–Trinajstić information content (AvgIpc) is 3.12. The van der Waals surface area contributed by atoms with E-state index in [-0.39, 0.29) is 10.5 Å². The maximum absolute atomic E-state index is 12.5. The van der Waals surface area contributed by atoms with Gasteiger partial charge < -0.3 is 0 Å². The van der Waals surface area contributed by atoms with Gasteiger partial charge in [0.1, 0.15) is 0 Å². The number of hydrogen-bond acceptors (Lipinski definition) is 5. The largest absolute Gasteiger partial charge is 0.298 e. The quantitative estimate of drug-likeness (QED) is 0.574. The molecule has 0 saturated carbocycles. The van der Waals surface area contributed by atoms with Gasteiger partial charge in [-0.05, 0) is 29.8 Å². The van der Waals surface area contributed by atoms with Crippen molar-refractivity contribution >= 4 is 55.6 Å². The molecule has 1 aromatic heterocycles. The van der Waals surface area contributed by atoms with Gasteiger partial charge >= 0.3 is 0 Å². The van der Waals surface area contributed by atoms with Crippen LogP contribution in [0.1, 0.15) is 20.8 Å². The predicted molar refractivity (Wildman–Crippen MR) is 117 cm³/mol. The molecule has 3 aromatic rings. The zero-order valence-electron chi connectivity index (χ0n) is 15.5. The zero-order valence-corrected chi connectivity index (χ0v) is 18.7. The third-order valence-corrected chi connectivity index (χ3v) is 7.63. The fraction of sp³-hybridized carbons (Fsp3) is 0.158. The Labute approximate surface area is 183 Å². The number of nitrogens with one attached hydrogen (secondary N) is 1. The van der Waals surface area contributed by atoms with Crippen LogP contribution in [0.15, 0.2) is 53.6 Å². The number of nitrogens with zero attached hydrogens (tertiary/aromatic N) is 2. The first-order chi connectivity index (χ1) is 13.7. The van der Waals surface area contributed by atoms with E-state index in [2.05, 4.69) is 10.3 Å². The smallest absolute Gasteiger partial charge is 0.257 e. The maximum atomic E-state index is 12.5. The summed E-state index contributed by atoms with van der Waals surface area (Å²) >= 11 is 13.6. The standard InChI is InChI=1S/C19H17Cl2N3O3S2/c1-24(2)29(26,27)15-7-3-6-13(10-15)18(25)23-19-22-11-14(28-19)9-12-5-4-8-16(20)17(12)21/h3-8,10-11H,9H2,1-2H3,(H,22,23,25). The first-order valence-electron chi connectivity index (χ1n) is 8.40. The van der Waals surface area contributed by atoms with E-state index < -0.39 is 15.9 Å². The molecule has 0 aliphatic carbocycles. The number of hydrogen-bond donors (Lipinski definition) is 1. The molecule has 29 heavy (non-hydrogen) atoms. The highest BCUT2D eigenvalue weighted by Gasteiger charge is 2.19. The zero-order chi connectivity index (χ0) is 21.2. The summed E-state index contributed by atoms with van der Waals surface area (Å²) in [6.07, 6.45) is 2.19. The molecule has 0 unspecified atom stereocenters. The number of anilines is 1. The third kappa shape index (κ3) is 4.96. The van der Waals surface area contributed by atoms with Crippen LogP contribution in [0.5, 0.6) is 0 Å². The Morgan fingerprint density at radius 2 is 1.90 bits per heavy atom. The molecule has 0 spiro atoms. The van der Waals surface area contributed by atoms with Gasteiger partial charge in [0, 0.05) is 37.2 Å². The van der Waals surface area contributed by atoms with Gasteiger partial charge in [-0.1, -0.05) is 41.4 Å². The number of halogens is 2. The number of sulfonamides is 1. The van der Waals surface area contributed by atoms with Crippen LogP contribution in [-0.4, -0.2) is 37.7 Å². The Balaban J connectivity index is 1.75. The SMILES string of the molecule is CN(C)S(=O)(=O)c1cccc(C(=O)Nc2ncc(Cc3cccc(Cl)c3Cl)s2)c1. The van der Waals surface area contributed by atoms with Crippen molar-refractivity contribution in [2.24, 2.45) is 0 Å². The van der Waals surface area contributed by atoms with Gasteiger partial charge in [-0.2, -0.15) is 0 Å². The number of carbonyl (C=O) groups excluding carboxylic acids is 1. The predicted octanol–water partition coefficient (Wildman–Crippen LogP) is 4.54. The van der Waals surface area contributed by atoms with Crippen LogP contribution < -0.4 is 5.32 Å². The summed E-state index contributed by atoms with van der Waals surface area (Å²) in [7, 11) is -0.755. The molecule has 152 valence electrons. The van der Waals surface area contributed by atoms with Crippen LogP contribution in [0.2, 0.25) is 10.0 Å². The lowest BCUT2D eigenvalue weighted by Crippen LogP contribution is -2.22. The van der Waals surface area contributed by atoms with Gasteiger partial charge in [-0.25, -0.2) is 17.7 Å². The van der Waals surface area contributed by atoms with E-state index in [0.29, 0.717) is 21.6 Å². The molecule has 0 fully saturated rings. The third-order valence-electron chi connectivity index (χ3n) is 4.05. The molecule has 0 aliphatic rings. The minimum Gasteiger partial charge on any atom is -0.298 e. The molecule has 0 bridgehead atoms. The average molecular weight is 470 g/mol. The lowest BCUT2D eigenvalue weighted by atomic mass is 10.1. The van der Waals surface area contributed by atoms with Gasteiger partial charge in [0.2, 0.25) is 10.0 Å². The summed E-state index contributed by atoms with van der Waals surface area (Å²) in [4.78, 5) is 17.7. The molecule has 6 nitrogen and oxygen atoms in total. The van der Waals surface area contributed by atoms with Crippen LogP contribution in [0, 0.1) is 0 Å². The van der Waals surface area contributed by atoms with Crippen LogP contribution in [0.3, 0.4) is 0 Å². The highest BCUT2D eigenvalue weighted by molar-refractivity contribution is 7.89. The van der Waals surface area contributed by atoms with Gasteiger partial charge in [-0.3, -0.25) is 10.1 Å². The number of benzene rings is 2. The van der Waals surface area contributed by atoms with Crippen LogP contribution in [-0.2, 0) is 16.4 Å². The molecule has 1 N–H and O–H groups in total. The van der Waals surface area contributed by atoms with Crippen molar-refractivity contribution < 1.29 is 13.2 Å². The van der Waals surface area contributed by atoms with Crippen molar-refractivity contribution in [1.29, 1.82) is 0 Å². The van der Waals surface area contributed by atoms with Crippen molar-refractivity contribution in [1.82, 2.24) is 9.29 Å². The highest BCUT2D eigenvalue weighted by atomic mass is 35.5. The summed E-state index contributed by atoms with van der Waals surface area (Å²) in [6.45, 7) is 0. The lowest BCUT2D eigenvalue weighted by Gasteiger charge is -2.12. The number of carbonyl (C=O) groups is 1. The lowest BCUT2D eigenvalue weighted by molar-refractivity contribution is 0.102. The first kappa shape index (κ1) is 21.7. The van der Waals surface area contributed by atoms with E-state index in [1.807, 2.05) is 12.1 Å². The van der Waals surface area contributed by atoms with E-state index in [1.165, 1.54) is 43.6 Å². The first-order valence-corrected chi connectivity index (χ1v) is 11.4. The van der Waals surface area contributed by atoms with Gasteiger partial charge in [0.25, 0.3) is 5.91 Å². The maximum Gasteiger partial charge on any atom is 0.257 e. The topological polar surface area (TPSA) is 79.4 Å². The molecule has 2 aromatic carbocycles. The van der Waals surface area contributed by atoms with Gasteiger partial charge in [0.05, 0.1) is 14.9 Å². The second-order valence-corrected chi connectivity index (χ2v) is 10.3. The molecule has 1 heterocycles. The van der Waals surface area contributed by atoms with Crippen LogP contribution in [0.25, 0.3) is 0 Å². The van der Waals surface area contributed by atoms with Crippen LogP contribution >= 0.6 is 34.5 Å². The second-order valence-electron chi connectivity index (χ2n) is 6.29. The van der Waals surface area contributed by atoms with E-state index in [0.717, 1.165) is 14.7 Å². The summed E-state index contributed by atoms with van der Waals surface area (Å²) in [5.41, 5.74) is 1.09. The van der Waals surface area contributed by atoms with Crippen molar-refractivity contribution in [3.63, 3.8) is 0 Å². The molecular weight excluding hydrogens is 453 g/mol. The van der Waals surface area contributed by atoms with Crippen molar-refractivity contribution in [3.05, 3.63) is 74.7 Å². The molecule has 10 heteroatoms. The molecular formula is C19H17Cl2N3O3S2. The summed E-state index contributed by atoms with van der Waals surface area (Å²) in [5.74, 6) is -0.442. The highest BCUT2D eigenvalue weighted by Crippen LogP contribution is 2.29. The molecule has 3 rings (SSSR count). The number of amides is 1. The van der Waals surface area contributed by atoms with E-state index >= 15 is 0 Å². The van der Waals surface area contributed by atoms with Crippen molar-refractivity contribution in [2.45, 2.75) is 11.3 Å². The molecule has 0 aliphatic heterocycles. The molecule has 0 atom stereocenters. The van der Waals surface area contributed by atoms with Crippen LogP contribution in [0.4, 0.5) is 5.13 Å². The second kappa shape index (κ2) is 8.81. The van der Waals surface area contributed by atoms with Gasteiger partial charge in [-0.15, -0.1) is 11.3 Å². The molecule has 0 saturated heterocycles. The molecule has 0 radical (unpaired) electrons. The Morgan fingerprint density at radius 3 is 2.62 bits per heavy atom. The number of thiazole rings is 1. The van der Waals surface area contributed by atoms with E-state index in [9.17, 15) is 13.2 Å². The minimum absolute atomic E-state index is 0.0468. The normalized spacial score (nSPS) is 11.6. The summed E-state index contributed by atoms with van der Waals surface area (Å²) in [6, 6.07) is 11.3. The Morgan fingerprint density at radius 1 is 1.17 bits per heavy atom. The number of aromatic nitrogens is 1. The summed E-state index contributed by atoms with van der Waals surface area (Å²) < 4.78 is 25.6. The monoisotopic (exact) mass is 469 g/mol. The summed E-state index contributed by atoms with van der Waals surface area (Å²) in [5, 5.41) is 4.08. The fourth-order valence-corrected chi connectivity index (χ4v) is 4.66. The van der Waals surface area contributed by atoms with Crippen molar-refractivity contribution in [3.8, 4) is 0 Å². The van der Waals surface area contributed by atoms with E-state index in [4.69, 9.17) is 23.2 Å². The Bertz CT molecular complexity index is 1160. The Kier molecular flexibility index (Phi) is 6.60.